The van der Waals surface area contributed by atoms with Gasteiger partial charge in [0.05, 0.1) is 7.11 Å². The van der Waals surface area contributed by atoms with Crippen molar-refractivity contribution in [3.63, 3.8) is 0 Å². The van der Waals surface area contributed by atoms with Gasteiger partial charge < -0.3 is 4.74 Å². The first-order valence-electron chi connectivity index (χ1n) is 5.87. The predicted octanol–water partition coefficient (Wildman–Crippen LogP) is 4.07. The fourth-order valence-electron chi connectivity index (χ4n) is 2.07. The standard InChI is InChI=1S/C14H19ClO2/c1-5-12(16)14(9(2)3)11-8-10(15)6-7-13(11)17-4/h6-9,14H,5H2,1-4H3. The Morgan fingerprint density at radius 3 is 2.53 bits per heavy atom. The first-order valence-corrected chi connectivity index (χ1v) is 6.25. The van der Waals surface area contributed by atoms with E-state index >= 15 is 0 Å². The van der Waals surface area contributed by atoms with Crippen molar-refractivity contribution in [2.45, 2.75) is 33.1 Å². The van der Waals surface area contributed by atoms with Crippen LogP contribution in [0.15, 0.2) is 18.2 Å². The van der Waals surface area contributed by atoms with Crippen LogP contribution >= 0.6 is 11.6 Å². The molecule has 0 fully saturated rings. The van der Waals surface area contributed by atoms with E-state index in [1.54, 1.807) is 13.2 Å². The van der Waals surface area contributed by atoms with Gasteiger partial charge in [-0.1, -0.05) is 32.4 Å². The summed E-state index contributed by atoms with van der Waals surface area (Å²) in [6.45, 7) is 5.96. The van der Waals surface area contributed by atoms with Crippen molar-refractivity contribution in [3.8, 4) is 5.75 Å². The second kappa shape index (κ2) is 6.06. The second-order valence-corrected chi connectivity index (χ2v) is 4.86. The maximum atomic E-state index is 12.0. The Morgan fingerprint density at radius 1 is 1.41 bits per heavy atom. The zero-order valence-electron chi connectivity index (χ0n) is 10.8. The quantitative estimate of drug-likeness (QED) is 0.792. The maximum absolute atomic E-state index is 12.0. The normalized spacial score (nSPS) is 12.6. The molecule has 2 nitrogen and oxygen atoms in total. The molecule has 0 aliphatic carbocycles. The van der Waals surface area contributed by atoms with Crippen molar-refractivity contribution < 1.29 is 9.53 Å². The van der Waals surface area contributed by atoms with Crippen molar-refractivity contribution in [1.29, 1.82) is 0 Å². The predicted molar refractivity (Wildman–Crippen MR) is 70.9 cm³/mol. The lowest BCUT2D eigenvalue weighted by Crippen LogP contribution is -2.18. The summed E-state index contributed by atoms with van der Waals surface area (Å²) in [7, 11) is 1.61. The third kappa shape index (κ3) is 3.22. The summed E-state index contributed by atoms with van der Waals surface area (Å²) in [6.07, 6.45) is 0.526. The Bertz CT molecular complexity index is 399. The number of methoxy groups -OCH3 is 1. The lowest BCUT2D eigenvalue weighted by atomic mass is 9.83. The van der Waals surface area contributed by atoms with Crippen LogP contribution in [0.3, 0.4) is 0 Å². The molecule has 0 aromatic heterocycles. The molecule has 0 aliphatic heterocycles. The van der Waals surface area contributed by atoms with Crippen molar-refractivity contribution in [2.24, 2.45) is 5.92 Å². The highest BCUT2D eigenvalue weighted by atomic mass is 35.5. The number of benzene rings is 1. The van der Waals surface area contributed by atoms with E-state index in [0.717, 1.165) is 11.3 Å². The Hall–Kier alpha value is -1.02. The lowest BCUT2D eigenvalue weighted by Gasteiger charge is -2.22. The summed E-state index contributed by atoms with van der Waals surface area (Å²) in [6, 6.07) is 5.42. The van der Waals surface area contributed by atoms with Crippen LogP contribution in [-0.4, -0.2) is 12.9 Å². The number of rotatable bonds is 5. The van der Waals surface area contributed by atoms with Crippen LogP contribution in [0.5, 0.6) is 5.75 Å². The summed E-state index contributed by atoms with van der Waals surface area (Å²) >= 11 is 6.00. The molecule has 0 heterocycles. The van der Waals surface area contributed by atoms with E-state index in [1.807, 2.05) is 32.9 Å². The van der Waals surface area contributed by atoms with Crippen LogP contribution < -0.4 is 4.74 Å². The number of hydrogen-bond donors (Lipinski definition) is 0. The van der Waals surface area contributed by atoms with Gasteiger partial charge in [-0.25, -0.2) is 0 Å². The summed E-state index contributed by atoms with van der Waals surface area (Å²) in [5, 5.41) is 0.635. The molecule has 0 N–H and O–H groups in total. The van der Waals surface area contributed by atoms with Crippen LogP contribution in [0.2, 0.25) is 5.02 Å². The lowest BCUT2D eigenvalue weighted by molar-refractivity contribution is -0.121. The molecule has 0 bridgehead atoms. The molecule has 94 valence electrons. The molecule has 1 rings (SSSR count). The number of ether oxygens (including phenoxy) is 1. The molecule has 1 unspecified atom stereocenters. The molecule has 1 atom stereocenters. The number of carbonyl (C=O) groups is 1. The van der Waals surface area contributed by atoms with Crippen molar-refractivity contribution in [1.82, 2.24) is 0 Å². The van der Waals surface area contributed by atoms with Crippen molar-refractivity contribution in [3.05, 3.63) is 28.8 Å². The number of hydrogen-bond acceptors (Lipinski definition) is 2. The second-order valence-electron chi connectivity index (χ2n) is 4.43. The fraction of sp³-hybridized carbons (Fsp3) is 0.500. The monoisotopic (exact) mass is 254 g/mol. The van der Waals surface area contributed by atoms with Gasteiger partial charge in [-0.15, -0.1) is 0 Å². The topological polar surface area (TPSA) is 26.3 Å². The number of halogens is 1. The highest BCUT2D eigenvalue weighted by Gasteiger charge is 2.25. The molecule has 0 saturated heterocycles. The fourth-order valence-corrected chi connectivity index (χ4v) is 2.25. The van der Waals surface area contributed by atoms with Crippen molar-refractivity contribution in [2.75, 3.05) is 7.11 Å². The van der Waals surface area contributed by atoms with Crippen LogP contribution in [0.25, 0.3) is 0 Å². The van der Waals surface area contributed by atoms with Gasteiger partial charge in [0, 0.05) is 22.9 Å². The van der Waals surface area contributed by atoms with Crippen LogP contribution in [0, 0.1) is 5.92 Å². The Kier molecular flexibility index (Phi) is 5.01. The Labute approximate surface area is 108 Å². The van der Waals surface area contributed by atoms with Gasteiger partial charge in [-0.2, -0.15) is 0 Å². The van der Waals surface area contributed by atoms with Gasteiger partial charge in [0.15, 0.2) is 0 Å². The molecular formula is C14H19ClO2. The van der Waals surface area contributed by atoms with Gasteiger partial charge in [-0.3, -0.25) is 4.79 Å². The molecule has 0 saturated carbocycles. The van der Waals surface area contributed by atoms with E-state index in [9.17, 15) is 4.79 Å². The van der Waals surface area contributed by atoms with E-state index in [-0.39, 0.29) is 17.6 Å². The summed E-state index contributed by atoms with van der Waals surface area (Å²) < 4.78 is 5.32. The minimum absolute atomic E-state index is 0.145. The highest BCUT2D eigenvalue weighted by molar-refractivity contribution is 6.30. The van der Waals surface area contributed by atoms with Crippen LogP contribution in [-0.2, 0) is 4.79 Å². The van der Waals surface area contributed by atoms with Gasteiger partial charge in [0.25, 0.3) is 0 Å². The minimum Gasteiger partial charge on any atom is -0.496 e. The summed E-state index contributed by atoms with van der Waals surface area (Å²) in [5.74, 6) is 1.04. The highest BCUT2D eigenvalue weighted by Crippen LogP contribution is 2.35. The molecule has 0 amide bonds. The SMILES string of the molecule is CCC(=O)C(c1cc(Cl)ccc1OC)C(C)C. The summed E-state index contributed by atoms with van der Waals surface area (Å²) in [5.41, 5.74) is 0.891. The van der Waals surface area contributed by atoms with Gasteiger partial charge in [-0.05, 0) is 24.1 Å². The molecular weight excluding hydrogens is 236 g/mol. The molecule has 17 heavy (non-hydrogen) atoms. The maximum Gasteiger partial charge on any atom is 0.140 e. The van der Waals surface area contributed by atoms with Crippen LogP contribution in [0.4, 0.5) is 0 Å². The third-order valence-corrected chi connectivity index (χ3v) is 3.12. The first-order chi connectivity index (χ1) is 8.01. The zero-order valence-corrected chi connectivity index (χ0v) is 11.5. The molecule has 3 heteroatoms. The van der Waals surface area contributed by atoms with Gasteiger partial charge in [0.2, 0.25) is 0 Å². The molecule has 0 aliphatic rings. The number of Topliss-reactive ketones (excluding diaryl/α,β-unsaturated/α-hetero) is 1. The van der Waals surface area contributed by atoms with E-state index in [1.165, 1.54) is 0 Å². The third-order valence-electron chi connectivity index (χ3n) is 2.89. The summed E-state index contributed by atoms with van der Waals surface area (Å²) in [4.78, 5) is 12.0. The van der Waals surface area contributed by atoms with Gasteiger partial charge >= 0.3 is 0 Å². The molecule has 1 aromatic rings. The van der Waals surface area contributed by atoms with E-state index in [4.69, 9.17) is 16.3 Å². The van der Waals surface area contributed by atoms with E-state index in [2.05, 4.69) is 0 Å². The first kappa shape index (κ1) is 14.0. The van der Waals surface area contributed by atoms with E-state index < -0.39 is 0 Å². The Balaban J connectivity index is 3.26. The Morgan fingerprint density at radius 2 is 2.06 bits per heavy atom. The number of ketones is 1. The molecule has 1 aromatic carbocycles. The minimum atomic E-state index is -0.145. The largest absolute Gasteiger partial charge is 0.496 e. The molecule has 0 radical (unpaired) electrons. The average molecular weight is 255 g/mol. The number of carbonyl (C=O) groups excluding carboxylic acids is 1. The van der Waals surface area contributed by atoms with Crippen molar-refractivity contribution >= 4 is 17.4 Å². The van der Waals surface area contributed by atoms with E-state index in [0.29, 0.717) is 11.4 Å². The smallest absolute Gasteiger partial charge is 0.140 e. The zero-order chi connectivity index (χ0) is 13.0. The van der Waals surface area contributed by atoms with Gasteiger partial charge in [0.1, 0.15) is 11.5 Å². The van der Waals surface area contributed by atoms with Crippen LogP contribution in [0.1, 0.15) is 38.7 Å². The average Bonchev–Trinajstić information content (AvgIpc) is 2.29. The molecule has 0 spiro atoms.